The van der Waals surface area contributed by atoms with Crippen LogP contribution in [-0.2, 0) is 0 Å². The number of hydrogen-bond donors (Lipinski definition) is 2. The lowest BCUT2D eigenvalue weighted by Crippen LogP contribution is -2.02. The number of nitrogens with one attached hydrogen (secondary N) is 2. The minimum atomic E-state index is -0.298. The number of H-pyrrole nitrogens is 2. The third-order valence-electron chi connectivity index (χ3n) is 1.78. The number of fused-ring (bicyclic) bond motifs is 3. The van der Waals surface area contributed by atoms with E-state index in [4.69, 9.17) is 0 Å². The zero-order chi connectivity index (χ0) is 8.84. The number of aromatic amines is 2. The Labute approximate surface area is 70.4 Å². The summed E-state index contributed by atoms with van der Waals surface area (Å²) >= 11 is 0. The van der Waals surface area contributed by atoms with Gasteiger partial charge >= 0.3 is 5.69 Å². The molecule has 0 bridgehead atoms. The van der Waals surface area contributed by atoms with E-state index in [2.05, 4.69) is 25.0 Å². The molecule has 0 radical (unpaired) electrons. The van der Waals surface area contributed by atoms with E-state index in [1.54, 1.807) is 6.20 Å². The van der Waals surface area contributed by atoms with Gasteiger partial charge in [-0.05, 0) is 0 Å². The molecule has 3 aromatic heterocycles. The molecule has 0 saturated heterocycles. The van der Waals surface area contributed by atoms with Crippen LogP contribution in [0.25, 0.3) is 16.9 Å². The Hall–Kier alpha value is -2.18. The van der Waals surface area contributed by atoms with Crippen LogP contribution in [0, 0.1) is 0 Å². The van der Waals surface area contributed by atoms with Gasteiger partial charge in [0.15, 0.2) is 5.65 Å². The van der Waals surface area contributed by atoms with Gasteiger partial charge in [0, 0.05) is 0 Å². The predicted octanol–water partition coefficient (Wildman–Crippen LogP) is -0.706. The molecule has 7 nitrogen and oxygen atoms in total. The number of imidazole rings is 1. The van der Waals surface area contributed by atoms with E-state index in [1.165, 1.54) is 10.8 Å². The second-order valence-corrected chi connectivity index (χ2v) is 2.57. The summed E-state index contributed by atoms with van der Waals surface area (Å²) < 4.78 is 1.51. The van der Waals surface area contributed by atoms with Crippen LogP contribution in [0.5, 0.6) is 0 Å². The standard InChI is InChI=1S/C6H4N6O/c13-6-10-5-9-4-3(12(5)11-6)1-7-2-8-4/h1-2H,(H2,7,8,9,10,11,13). The molecular weight excluding hydrogens is 172 g/mol. The summed E-state index contributed by atoms with van der Waals surface area (Å²) in [6.07, 6.45) is 3.00. The van der Waals surface area contributed by atoms with Gasteiger partial charge in [0.1, 0.15) is 11.8 Å². The molecule has 0 unspecified atom stereocenters. The molecule has 0 aromatic carbocycles. The molecule has 2 N–H and O–H groups in total. The van der Waals surface area contributed by atoms with E-state index in [0.29, 0.717) is 16.9 Å². The molecule has 7 heteroatoms. The third kappa shape index (κ3) is 0.723. The molecular formula is C6H4N6O. The van der Waals surface area contributed by atoms with Crippen molar-refractivity contribution in [2.45, 2.75) is 0 Å². The van der Waals surface area contributed by atoms with Gasteiger partial charge in [0.25, 0.3) is 0 Å². The predicted molar refractivity (Wildman–Crippen MR) is 43.3 cm³/mol. The van der Waals surface area contributed by atoms with E-state index >= 15 is 0 Å². The summed E-state index contributed by atoms with van der Waals surface area (Å²) in [7, 11) is 0. The van der Waals surface area contributed by atoms with E-state index in [0.717, 1.165) is 0 Å². The molecule has 0 fully saturated rings. The summed E-state index contributed by atoms with van der Waals surface area (Å²) in [4.78, 5) is 25.2. The Kier molecular flexibility index (Phi) is 0.950. The van der Waals surface area contributed by atoms with Crippen LogP contribution in [0.15, 0.2) is 17.3 Å². The van der Waals surface area contributed by atoms with Crippen LogP contribution in [0.2, 0.25) is 0 Å². The quantitative estimate of drug-likeness (QED) is 0.473. The number of hydrogen-bond acceptors (Lipinski definition) is 4. The zero-order valence-electron chi connectivity index (χ0n) is 6.35. The highest BCUT2D eigenvalue weighted by Gasteiger charge is 2.06. The van der Waals surface area contributed by atoms with Crippen molar-refractivity contribution in [3.05, 3.63) is 23.0 Å². The SMILES string of the molecule is O=c1[nH]c2nc3ncncc3n2[nH]1. The second-order valence-electron chi connectivity index (χ2n) is 2.57. The third-order valence-corrected chi connectivity index (χ3v) is 1.78. The molecule has 0 atom stereocenters. The Balaban J connectivity index is 2.67. The van der Waals surface area contributed by atoms with Gasteiger partial charge in [0.2, 0.25) is 5.78 Å². The van der Waals surface area contributed by atoms with Gasteiger partial charge in [-0.2, -0.15) is 4.98 Å². The maximum absolute atomic E-state index is 10.9. The molecule has 64 valence electrons. The molecule has 3 rings (SSSR count). The Morgan fingerprint density at radius 1 is 1.46 bits per heavy atom. The average Bonchev–Trinajstić information content (AvgIpc) is 2.60. The van der Waals surface area contributed by atoms with E-state index in [-0.39, 0.29) is 5.69 Å². The monoisotopic (exact) mass is 176 g/mol. The van der Waals surface area contributed by atoms with Gasteiger partial charge in [0.05, 0.1) is 6.20 Å². The largest absolute Gasteiger partial charge is 0.340 e. The number of rotatable bonds is 0. The van der Waals surface area contributed by atoms with E-state index in [1.807, 2.05) is 0 Å². The van der Waals surface area contributed by atoms with Crippen LogP contribution in [0.4, 0.5) is 0 Å². The van der Waals surface area contributed by atoms with Crippen LogP contribution in [0.1, 0.15) is 0 Å². The summed E-state index contributed by atoms with van der Waals surface area (Å²) in [6, 6.07) is 0. The Morgan fingerprint density at radius 3 is 3.31 bits per heavy atom. The first-order valence-corrected chi connectivity index (χ1v) is 3.61. The van der Waals surface area contributed by atoms with Crippen molar-refractivity contribution >= 4 is 16.9 Å². The maximum Gasteiger partial charge on any atom is 0.340 e. The molecule has 3 aromatic rings. The van der Waals surface area contributed by atoms with Crippen LogP contribution < -0.4 is 5.69 Å². The summed E-state index contributed by atoms with van der Waals surface area (Å²) in [5, 5.41) is 2.54. The van der Waals surface area contributed by atoms with Crippen molar-refractivity contribution in [1.82, 2.24) is 29.5 Å². The highest BCUT2D eigenvalue weighted by atomic mass is 16.1. The number of aromatic nitrogens is 6. The van der Waals surface area contributed by atoms with Gasteiger partial charge in [-0.1, -0.05) is 0 Å². The first-order chi connectivity index (χ1) is 6.34. The second kappa shape index (κ2) is 1.94. The molecule has 0 amide bonds. The van der Waals surface area contributed by atoms with Gasteiger partial charge < -0.3 is 0 Å². The lowest BCUT2D eigenvalue weighted by Gasteiger charge is -1.84. The summed E-state index contributed by atoms with van der Waals surface area (Å²) in [5.74, 6) is 0.445. The van der Waals surface area contributed by atoms with Gasteiger partial charge in [-0.3, -0.25) is 4.98 Å². The Bertz CT molecular complexity index is 631. The van der Waals surface area contributed by atoms with Crippen molar-refractivity contribution in [1.29, 1.82) is 0 Å². The van der Waals surface area contributed by atoms with Crippen molar-refractivity contribution in [2.75, 3.05) is 0 Å². The van der Waals surface area contributed by atoms with Crippen LogP contribution in [0.3, 0.4) is 0 Å². The molecule has 0 aliphatic carbocycles. The van der Waals surface area contributed by atoms with Crippen molar-refractivity contribution < 1.29 is 0 Å². The fourth-order valence-corrected chi connectivity index (χ4v) is 1.25. The van der Waals surface area contributed by atoms with Crippen molar-refractivity contribution in [3.63, 3.8) is 0 Å². The first kappa shape index (κ1) is 6.35. The maximum atomic E-state index is 10.9. The van der Waals surface area contributed by atoms with Crippen LogP contribution >= 0.6 is 0 Å². The topological polar surface area (TPSA) is 91.7 Å². The van der Waals surface area contributed by atoms with E-state index in [9.17, 15) is 4.79 Å². The van der Waals surface area contributed by atoms with E-state index < -0.39 is 0 Å². The zero-order valence-corrected chi connectivity index (χ0v) is 6.35. The number of nitrogens with zero attached hydrogens (tertiary/aromatic N) is 4. The average molecular weight is 176 g/mol. The highest BCUT2D eigenvalue weighted by Crippen LogP contribution is 2.07. The van der Waals surface area contributed by atoms with Gasteiger partial charge in [-0.15, -0.1) is 0 Å². The van der Waals surface area contributed by atoms with Gasteiger partial charge in [-0.25, -0.2) is 24.4 Å². The normalized spacial score (nSPS) is 11.4. The van der Waals surface area contributed by atoms with Crippen molar-refractivity contribution in [2.24, 2.45) is 0 Å². The van der Waals surface area contributed by atoms with Crippen LogP contribution in [-0.4, -0.2) is 29.5 Å². The highest BCUT2D eigenvalue weighted by molar-refractivity contribution is 5.73. The minimum absolute atomic E-state index is 0.298. The molecule has 3 heterocycles. The molecule has 0 saturated carbocycles. The molecule has 0 aliphatic heterocycles. The lowest BCUT2D eigenvalue weighted by molar-refractivity contribution is 0.970. The Morgan fingerprint density at radius 2 is 2.38 bits per heavy atom. The molecule has 13 heavy (non-hydrogen) atoms. The lowest BCUT2D eigenvalue weighted by atomic mass is 10.6. The molecule has 0 spiro atoms. The summed E-state index contributed by atoms with van der Waals surface area (Å²) in [6.45, 7) is 0. The fraction of sp³-hybridized carbons (Fsp3) is 0. The fourth-order valence-electron chi connectivity index (χ4n) is 1.25. The first-order valence-electron chi connectivity index (χ1n) is 3.61. The smallest absolute Gasteiger partial charge is 0.275 e. The van der Waals surface area contributed by atoms with Crippen molar-refractivity contribution in [3.8, 4) is 0 Å². The molecule has 0 aliphatic rings. The summed E-state index contributed by atoms with van der Waals surface area (Å²) in [5.41, 5.74) is 0.932. The minimum Gasteiger partial charge on any atom is -0.275 e.